The summed E-state index contributed by atoms with van der Waals surface area (Å²) in [5.74, 6) is -0.276. The molecule has 5 heteroatoms. The van der Waals surface area contributed by atoms with E-state index in [1.54, 1.807) is 14.2 Å². The van der Waals surface area contributed by atoms with Crippen LogP contribution in [-0.4, -0.2) is 39.9 Å². The molecule has 5 nitrogen and oxygen atoms in total. The molecule has 0 fully saturated rings. The number of hydrogen-bond acceptors (Lipinski definition) is 5. The number of allylic oxidation sites excluding steroid dienone is 3. The SMILES string of the molecule is CCOC(=O)/C(NC)=C1\C=C(NCCCOC)CCC1. The molecule has 0 aromatic carbocycles. The van der Waals surface area contributed by atoms with Crippen molar-refractivity contribution in [1.29, 1.82) is 0 Å². The number of ether oxygens (including phenoxy) is 2. The van der Waals surface area contributed by atoms with Crippen molar-refractivity contribution in [2.45, 2.75) is 32.6 Å². The van der Waals surface area contributed by atoms with Gasteiger partial charge in [-0.15, -0.1) is 0 Å². The Morgan fingerprint density at radius 3 is 2.85 bits per heavy atom. The van der Waals surface area contributed by atoms with Gasteiger partial charge in [-0.25, -0.2) is 4.79 Å². The summed E-state index contributed by atoms with van der Waals surface area (Å²) in [6.45, 7) is 3.85. The maximum Gasteiger partial charge on any atom is 0.354 e. The Labute approximate surface area is 121 Å². The molecule has 0 atom stereocenters. The van der Waals surface area contributed by atoms with Crippen LogP contribution in [0.1, 0.15) is 32.6 Å². The van der Waals surface area contributed by atoms with Crippen LogP contribution in [0.4, 0.5) is 0 Å². The van der Waals surface area contributed by atoms with Gasteiger partial charge in [-0.1, -0.05) is 0 Å². The van der Waals surface area contributed by atoms with Crippen LogP contribution in [0.2, 0.25) is 0 Å². The van der Waals surface area contributed by atoms with E-state index in [1.165, 1.54) is 5.70 Å². The zero-order chi connectivity index (χ0) is 14.8. The average Bonchev–Trinajstić information content (AvgIpc) is 2.45. The van der Waals surface area contributed by atoms with Crippen molar-refractivity contribution in [3.8, 4) is 0 Å². The number of hydrogen-bond donors (Lipinski definition) is 2. The first-order valence-electron chi connectivity index (χ1n) is 7.24. The molecule has 0 amide bonds. The Morgan fingerprint density at radius 1 is 1.40 bits per heavy atom. The van der Waals surface area contributed by atoms with Gasteiger partial charge in [0.05, 0.1) is 6.61 Å². The van der Waals surface area contributed by atoms with Crippen molar-refractivity contribution in [2.24, 2.45) is 0 Å². The lowest BCUT2D eigenvalue weighted by atomic mass is 9.97. The maximum atomic E-state index is 11.9. The molecule has 0 bridgehead atoms. The maximum absolute atomic E-state index is 11.9. The summed E-state index contributed by atoms with van der Waals surface area (Å²) in [6, 6.07) is 0. The predicted octanol–water partition coefficient (Wildman–Crippen LogP) is 1.72. The van der Waals surface area contributed by atoms with Gasteiger partial charge in [-0.3, -0.25) is 0 Å². The lowest BCUT2D eigenvalue weighted by Gasteiger charge is -2.19. The minimum Gasteiger partial charge on any atom is -0.461 e. The fraction of sp³-hybridized carbons (Fsp3) is 0.667. The standard InChI is InChI=1S/C15H26N2O3/c1-4-20-15(18)14(16-2)12-7-5-8-13(11-12)17-9-6-10-19-3/h11,16-17H,4-10H2,1-3H3/b14-12+. The molecule has 20 heavy (non-hydrogen) atoms. The normalized spacial score (nSPS) is 17.2. The molecule has 0 heterocycles. The van der Waals surface area contributed by atoms with E-state index in [0.29, 0.717) is 12.3 Å². The minimum atomic E-state index is -0.276. The number of methoxy groups -OCH3 is 1. The smallest absolute Gasteiger partial charge is 0.354 e. The zero-order valence-corrected chi connectivity index (χ0v) is 12.8. The molecule has 1 aliphatic rings. The van der Waals surface area contributed by atoms with Crippen LogP contribution in [0.25, 0.3) is 0 Å². The van der Waals surface area contributed by atoms with Crippen LogP contribution >= 0.6 is 0 Å². The molecule has 0 spiro atoms. The second-order valence-corrected chi connectivity index (χ2v) is 4.67. The van der Waals surface area contributed by atoms with Crippen molar-refractivity contribution in [2.75, 3.05) is 33.9 Å². The van der Waals surface area contributed by atoms with Gasteiger partial charge in [-0.05, 0) is 44.3 Å². The summed E-state index contributed by atoms with van der Waals surface area (Å²) in [4.78, 5) is 11.9. The molecule has 2 N–H and O–H groups in total. The highest BCUT2D eigenvalue weighted by molar-refractivity contribution is 5.89. The highest BCUT2D eigenvalue weighted by atomic mass is 16.5. The van der Waals surface area contributed by atoms with Gasteiger partial charge in [0, 0.05) is 33.0 Å². The molecule has 0 saturated carbocycles. The summed E-state index contributed by atoms with van der Waals surface area (Å²) < 4.78 is 10.1. The first-order valence-corrected chi connectivity index (χ1v) is 7.24. The third-order valence-corrected chi connectivity index (χ3v) is 3.17. The molecule has 114 valence electrons. The molecule has 1 aliphatic carbocycles. The van der Waals surface area contributed by atoms with E-state index in [1.807, 2.05) is 6.92 Å². The van der Waals surface area contributed by atoms with E-state index in [0.717, 1.165) is 44.4 Å². The Balaban J connectivity index is 2.70. The van der Waals surface area contributed by atoms with Crippen LogP contribution in [0.5, 0.6) is 0 Å². The van der Waals surface area contributed by atoms with Crippen molar-refractivity contribution >= 4 is 5.97 Å². The Hall–Kier alpha value is -1.49. The molecule has 1 rings (SSSR count). The van der Waals surface area contributed by atoms with Crippen molar-refractivity contribution < 1.29 is 14.3 Å². The molecule has 0 aliphatic heterocycles. The molecule has 0 saturated heterocycles. The topological polar surface area (TPSA) is 59.6 Å². The third-order valence-electron chi connectivity index (χ3n) is 3.17. The first-order chi connectivity index (χ1) is 9.72. The predicted molar refractivity (Wildman–Crippen MR) is 79.1 cm³/mol. The van der Waals surface area contributed by atoms with Crippen LogP contribution in [0.15, 0.2) is 23.0 Å². The molecular formula is C15H26N2O3. The van der Waals surface area contributed by atoms with Crippen molar-refractivity contribution in [3.05, 3.63) is 23.0 Å². The fourth-order valence-electron chi connectivity index (χ4n) is 2.22. The van der Waals surface area contributed by atoms with Gasteiger partial charge in [0.15, 0.2) is 0 Å². The second-order valence-electron chi connectivity index (χ2n) is 4.67. The average molecular weight is 282 g/mol. The number of likely N-dealkylation sites (N-methyl/N-ethyl adjacent to an activating group) is 1. The lowest BCUT2D eigenvalue weighted by Crippen LogP contribution is -2.23. The van der Waals surface area contributed by atoms with Gasteiger partial charge in [-0.2, -0.15) is 0 Å². The van der Waals surface area contributed by atoms with E-state index in [2.05, 4.69) is 16.7 Å². The van der Waals surface area contributed by atoms with Gasteiger partial charge < -0.3 is 20.1 Å². The number of esters is 1. The number of carbonyl (C=O) groups is 1. The largest absolute Gasteiger partial charge is 0.461 e. The van der Waals surface area contributed by atoms with Crippen LogP contribution in [0, 0.1) is 0 Å². The lowest BCUT2D eigenvalue weighted by molar-refractivity contribution is -0.138. The Kier molecular flexibility index (Phi) is 7.80. The van der Waals surface area contributed by atoms with Crippen molar-refractivity contribution in [3.63, 3.8) is 0 Å². The van der Waals surface area contributed by atoms with Crippen LogP contribution in [-0.2, 0) is 14.3 Å². The molecule has 0 unspecified atom stereocenters. The van der Waals surface area contributed by atoms with Crippen LogP contribution in [0.3, 0.4) is 0 Å². The highest BCUT2D eigenvalue weighted by Crippen LogP contribution is 2.23. The number of rotatable bonds is 8. The summed E-state index contributed by atoms with van der Waals surface area (Å²) in [5.41, 5.74) is 2.77. The third kappa shape index (κ3) is 5.25. The van der Waals surface area contributed by atoms with E-state index in [-0.39, 0.29) is 5.97 Å². The van der Waals surface area contributed by atoms with Gasteiger partial charge >= 0.3 is 5.97 Å². The number of nitrogens with one attached hydrogen (secondary N) is 2. The van der Waals surface area contributed by atoms with Gasteiger partial charge in [0.25, 0.3) is 0 Å². The summed E-state index contributed by atoms with van der Waals surface area (Å²) >= 11 is 0. The number of carbonyl (C=O) groups excluding carboxylic acids is 1. The summed E-state index contributed by atoms with van der Waals surface area (Å²) in [7, 11) is 3.46. The van der Waals surface area contributed by atoms with E-state index in [4.69, 9.17) is 9.47 Å². The van der Waals surface area contributed by atoms with Crippen molar-refractivity contribution in [1.82, 2.24) is 10.6 Å². The summed E-state index contributed by atoms with van der Waals surface area (Å²) in [6.07, 6.45) is 6.01. The zero-order valence-electron chi connectivity index (χ0n) is 12.8. The molecule has 0 radical (unpaired) electrons. The Bertz CT molecular complexity index is 375. The van der Waals surface area contributed by atoms with E-state index in [9.17, 15) is 4.79 Å². The quantitative estimate of drug-likeness (QED) is 0.403. The fourth-order valence-corrected chi connectivity index (χ4v) is 2.22. The van der Waals surface area contributed by atoms with E-state index >= 15 is 0 Å². The monoisotopic (exact) mass is 282 g/mol. The van der Waals surface area contributed by atoms with E-state index < -0.39 is 0 Å². The Morgan fingerprint density at radius 2 is 2.20 bits per heavy atom. The molecular weight excluding hydrogens is 256 g/mol. The highest BCUT2D eigenvalue weighted by Gasteiger charge is 2.17. The van der Waals surface area contributed by atoms with Gasteiger partial charge in [0.2, 0.25) is 0 Å². The summed E-state index contributed by atoms with van der Waals surface area (Å²) in [5, 5.41) is 6.37. The minimum absolute atomic E-state index is 0.276. The second kappa shape index (κ2) is 9.42. The van der Waals surface area contributed by atoms with Crippen LogP contribution < -0.4 is 10.6 Å². The first kappa shape index (κ1) is 16.6. The van der Waals surface area contributed by atoms with Gasteiger partial charge in [0.1, 0.15) is 5.70 Å². The molecule has 0 aromatic rings. The molecule has 0 aromatic heterocycles.